The number of methoxy groups -OCH3 is 2. The van der Waals surface area contributed by atoms with Crippen LogP contribution < -0.4 is 9.47 Å². The Morgan fingerprint density at radius 3 is 2.65 bits per heavy atom. The predicted molar refractivity (Wildman–Crippen MR) is 85.8 cm³/mol. The molecule has 6 heteroatoms. The van der Waals surface area contributed by atoms with E-state index in [4.69, 9.17) is 13.9 Å². The molecule has 0 unspecified atom stereocenters. The van der Waals surface area contributed by atoms with Gasteiger partial charge in [0.05, 0.1) is 32.7 Å². The van der Waals surface area contributed by atoms with E-state index in [9.17, 15) is 0 Å². The van der Waals surface area contributed by atoms with Crippen LogP contribution in [0.15, 0.2) is 35.3 Å². The highest BCUT2D eigenvalue weighted by molar-refractivity contribution is 5.68. The number of imidazole rings is 1. The minimum absolute atomic E-state index is 0.542. The lowest BCUT2D eigenvalue weighted by Gasteiger charge is -2.12. The number of aromatic nitrogens is 3. The normalized spacial score (nSPS) is 10.8. The first-order valence-corrected chi connectivity index (χ1v) is 7.28. The van der Waals surface area contributed by atoms with Crippen LogP contribution in [0.2, 0.25) is 0 Å². The van der Waals surface area contributed by atoms with Crippen LogP contribution in [0.1, 0.15) is 17.0 Å². The summed E-state index contributed by atoms with van der Waals surface area (Å²) in [6, 6.07) is 3.79. The third-order valence-electron chi connectivity index (χ3n) is 3.79. The molecular weight excluding hydrogens is 294 g/mol. The fourth-order valence-electron chi connectivity index (χ4n) is 2.57. The van der Waals surface area contributed by atoms with Crippen molar-refractivity contribution in [2.45, 2.75) is 20.4 Å². The van der Waals surface area contributed by atoms with Crippen LogP contribution in [0.5, 0.6) is 11.5 Å². The van der Waals surface area contributed by atoms with Crippen LogP contribution in [-0.4, -0.2) is 28.8 Å². The van der Waals surface area contributed by atoms with Gasteiger partial charge in [-0.2, -0.15) is 0 Å². The quantitative estimate of drug-likeness (QED) is 0.723. The summed E-state index contributed by atoms with van der Waals surface area (Å²) in [5.74, 6) is 2.80. The van der Waals surface area contributed by atoms with E-state index in [1.54, 1.807) is 26.7 Å². The SMILES string of the molecule is COc1ccc(-c2nc(Cn3ccnc3)c(C)o2)c(OC)c1C. The van der Waals surface area contributed by atoms with E-state index in [2.05, 4.69) is 9.97 Å². The first kappa shape index (κ1) is 15.1. The molecule has 23 heavy (non-hydrogen) atoms. The highest BCUT2D eigenvalue weighted by Crippen LogP contribution is 2.37. The number of benzene rings is 1. The molecule has 0 amide bonds. The molecule has 0 spiro atoms. The van der Waals surface area contributed by atoms with Gasteiger partial charge in [-0.05, 0) is 26.0 Å². The molecule has 0 aliphatic rings. The molecule has 0 aliphatic heterocycles. The number of hydrogen-bond donors (Lipinski definition) is 0. The first-order valence-electron chi connectivity index (χ1n) is 7.28. The fourth-order valence-corrected chi connectivity index (χ4v) is 2.57. The van der Waals surface area contributed by atoms with Crippen molar-refractivity contribution in [2.75, 3.05) is 14.2 Å². The summed E-state index contributed by atoms with van der Waals surface area (Å²) in [5, 5.41) is 0. The Hall–Kier alpha value is -2.76. The Balaban J connectivity index is 2.01. The highest BCUT2D eigenvalue weighted by atomic mass is 16.5. The van der Waals surface area contributed by atoms with Gasteiger partial charge in [0.2, 0.25) is 5.89 Å². The van der Waals surface area contributed by atoms with Crippen LogP contribution in [0.3, 0.4) is 0 Å². The zero-order valence-electron chi connectivity index (χ0n) is 13.7. The van der Waals surface area contributed by atoms with E-state index in [0.717, 1.165) is 28.3 Å². The standard InChI is InChI=1S/C17H19N3O3/c1-11-15(21-3)6-5-13(16(11)22-4)17-19-14(12(2)23-17)9-20-8-7-18-10-20/h5-8,10H,9H2,1-4H3. The molecule has 0 aliphatic carbocycles. The van der Waals surface area contributed by atoms with E-state index >= 15 is 0 Å². The molecule has 3 rings (SSSR count). The van der Waals surface area contributed by atoms with Crippen molar-refractivity contribution in [3.8, 4) is 23.0 Å². The lowest BCUT2D eigenvalue weighted by Crippen LogP contribution is -1.98. The molecule has 0 bridgehead atoms. The van der Waals surface area contributed by atoms with Crippen LogP contribution in [0.25, 0.3) is 11.5 Å². The van der Waals surface area contributed by atoms with Gasteiger partial charge in [-0.3, -0.25) is 0 Å². The second kappa shape index (κ2) is 6.16. The Morgan fingerprint density at radius 1 is 1.17 bits per heavy atom. The van der Waals surface area contributed by atoms with Crippen molar-refractivity contribution in [1.29, 1.82) is 0 Å². The number of rotatable bonds is 5. The van der Waals surface area contributed by atoms with Crippen molar-refractivity contribution in [3.63, 3.8) is 0 Å². The van der Waals surface area contributed by atoms with E-state index in [1.165, 1.54) is 0 Å². The van der Waals surface area contributed by atoms with Crippen molar-refractivity contribution < 1.29 is 13.9 Å². The maximum atomic E-state index is 5.85. The van der Waals surface area contributed by atoms with Crippen LogP contribution in [0.4, 0.5) is 0 Å². The molecular formula is C17H19N3O3. The van der Waals surface area contributed by atoms with E-state index < -0.39 is 0 Å². The predicted octanol–water partition coefficient (Wildman–Crippen LogP) is 3.22. The van der Waals surface area contributed by atoms with Gasteiger partial charge in [0, 0.05) is 18.0 Å². The maximum Gasteiger partial charge on any atom is 0.230 e. The van der Waals surface area contributed by atoms with Gasteiger partial charge in [-0.25, -0.2) is 9.97 Å². The van der Waals surface area contributed by atoms with Gasteiger partial charge in [0.15, 0.2) is 0 Å². The van der Waals surface area contributed by atoms with Crippen LogP contribution in [-0.2, 0) is 6.54 Å². The third-order valence-corrected chi connectivity index (χ3v) is 3.79. The molecule has 0 fully saturated rings. The minimum Gasteiger partial charge on any atom is -0.496 e. The van der Waals surface area contributed by atoms with Gasteiger partial charge in [0.25, 0.3) is 0 Å². The van der Waals surface area contributed by atoms with Crippen molar-refractivity contribution in [3.05, 3.63) is 47.9 Å². The Morgan fingerprint density at radius 2 is 2.00 bits per heavy atom. The second-order valence-electron chi connectivity index (χ2n) is 5.23. The number of oxazole rings is 1. The maximum absolute atomic E-state index is 5.85. The number of ether oxygens (including phenoxy) is 2. The van der Waals surface area contributed by atoms with Gasteiger partial charge < -0.3 is 18.5 Å². The molecule has 3 aromatic rings. The van der Waals surface area contributed by atoms with Gasteiger partial charge in [-0.15, -0.1) is 0 Å². The van der Waals surface area contributed by atoms with E-state index in [-0.39, 0.29) is 0 Å². The third kappa shape index (κ3) is 2.79. The average Bonchev–Trinajstić information content (AvgIpc) is 3.18. The van der Waals surface area contributed by atoms with E-state index in [0.29, 0.717) is 18.2 Å². The smallest absolute Gasteiger partial charge is 0.230 e. The van der Waals surface area contributed by atoms with Gasteiger partial charge in [-0.1, -0.05) is 0 Å². The minimum atomic E-state index is 0.542. The van der Waals surface area contributed by atoms with Crippen molar-refractivity contribution >= 4 is 0 Å². The number of hydrogen-bond acceptors (Lipinski definition) is 5. The summed E-state index contributed by atoms with van der Waals surface area (Å²) in [4.78, 5) is 8.67. The largest absolute Gasteiger partial charge is 0.496 e. The molecule has 2 heterocycles. The summed E-state index contributed by atoms with van der Waals surface area (Å²) < 4.78 is 18.7. The zero-order chi connectivity index (χ0) is 16.4. The summed E-state index contributed by atoms with van der Waals surface area (Å²) in [7, 11) is 3.27. The zero-order valence-corrected chi connectivity index (χ0v) is 13.7. The summed E-state index contributed by atoms with van der Waals surface area (Å²) >= 11 is 0. The molecule has 1 aromatic carbocycles. The number of aryl methyl sites for hydroxylation is 1. The topological polar surface area (TPSA) is 62.3 Å². The van der Waals surface area contributed by atoms with Crippen LogP contribution in [0, 0.1) is 13.8 Å². The van der Waals surface area contributed by atoms with Gasteiger partial charge in [0.1, 0.15) is 23.0 Å². The number of nitrogens with zero attached hydrogens (tertiary/aromatic N) is 3. The lowest BCUT2D eigenvalue weighted by atomic mass is 10.1. The molecule has 6 nitrogen and oxygen atoms in total. The fraction of sp³-hybridized carbons (Fsp3) is 0.294. The molecule has 0 atom stereocenters. The first-order chi connectivity index (χ1) is 11.1. The summed E-state index contributed by atoms with van der Waals surface area (Å²) in [6.07, 6.45) is 5.39. The molecule has 0 saturated carbocycles. The Kier molecular flexibility index (Phi) is 4.06. The highest BCUT2D eigenvalue weighted by Gasteiger charge is 2.18. The monoisotopic (exact) mass is 313 g/mol. The molecule has 2 aromatic heterocycles. The van der Waals surface area contributed by atoms with Crippen molar-refractivity contribution in [2.24, 2.45) is 0 Å². The molecule has 0 N–H and O–H groups in total. The Labute approximate surface area is 134 Å². The molecule has 120 valence electrons. The molecule has 0 radical (unpaired) electrons. The van der Waals surface area contributed by atoms with Crippen molar-refractivity contribution in [1.82, 2.24) is 14.5 Å². The summed E-state index contributed by atoms with van der Waals surface area (Å²) in [6.45, 7) is 4.47. The Bertz CT molecular complexity index is 807. The van der Waals surface area contributed by atoms with E-state index in [1.807, 2.05) is 36.7 Å². The molecule has 0 saturated heterocycles. The van der Waals surface area contributed by atoms with Gasteiger partial charge >= 0.3 is 0 Å². The lowest BCUT2D eigenvalue weighted by molar-refractivity contribution is 0.388. The van der Waals surface area contributed by atoms with Crippen LogP contribution >= 0.6 is 0 Å². The summed E-state index contributed by atoms with van der Waals surface area (Å²) in [5.41, 5.74) is 2.60. The average molecular weight is 313 g/mol. The second-order valence-corrected chi connectivity index (χ2v) is 5.23.